The van der Waals surface area contributed by atoms with Crippen LogP contribution in [-0.2, 0) is 14.4 Å². The maximum Gasteiger partial charge on any atom is 0.323 e. The number of rotatable bonds is 3. The Balaban J connectivity index is 1.90. The molecule has 2 amide bonds. The van der Waals surface area contributed by atoms with Crippen molar-refractivity contribution < 1.29 is 19.5 Å². The predicted molar refractivity (Wildman–Crippen MR) is 62.4 cm³/mol. The lowest BCUT2D eigenvalue weighted by Crippen LogP contribution is -2.51. The minimum atomic E-state index is -1.15. The van der Waals surface area contributed by atoms with Gasteiger partial charge < -0.3 is 10.8 Å². The van der Waals surface area contributed by atoms with Crippen molar-refractivity contribution in [1.29, 1.82) is 0 Å². The number of amides is 2. The van der Waals surface area contributed by atoms with Gasteiger partial charge in [0.1, 0.15) is 5.54 Å². The Kier molecular flexibility index (Phi) is 3.21. The van der Waals surface area contributed by atoms with Gasteiger partial charge in [-0.1, -0.05) is 0 Å². The molecule has 6 nitrogen and oxygen atoms in total. The van der Waals surface area contributed by atoms with Crippen LogP contribution in [0.1, 0.15) is 25.7 Å². The highest BCUT2D eigenvalue weighted by molar-refractivity contribution is 6.12. The molecule has 0 unspecified atom stereocenters. The van der Waals surface area contributed by atoms with Crippen LogP contribution >= 0.6 is 0 Å². The van der Waals surface area contributed by atoms with E-state index in [2.05, 4.69) is 0 Å². The molecule has 0 aromatic rings. The van der Waals surface area contributed by atoms with E-state index in [0.717, 1.165) is 0 Å². The molecule has 0 aromatic heterocycles. The molecule has 0 atom stereocenters. The first kappa shape index (κ1) is 12.8. The van der Waals surface area contributed by atoms with Gasteiger partial charge in [0, 0.05) is 18.7 Å². The molecule has 2 aliphatic rings. The van der Waals surface area contributed by atoms with Gasteiger partial charge in [0.2, 0.25) is 0 Å². The summed E-state index contributed by atoms with van der Waals surface area (Å²) in [4.78, 5) is 35.0. The summed E-state index contributed by atoms with van der Waals surface area (Å²) in [6, 6.07) is 0. The predicted octanol–water partition coefficient (Wildman–Crippen LogP) is -0.116. The Morgan fingerprint density at radius 3 is 2.28 bits per heavy atom. The molecular formula is C12H16N2O4. The second-order valence-electron chi connectivity index (χ2n) is 5.03. The summed E-state index contributed by atoms with van der Waals surface area (Å²) < 4.78 is 0. The molecule has 6 heteroatoms. The highest BCUT2D eigenvalue weighted by atomic mass is 16.4. The number of nitrogens with two attached hydrogens (primary N) is 1. The van der Waals surface area contributed by atoms with Gasteiger partial charge in [-0.15, -0.1) is 0 Å². The summed E-state index contributed by atoms with van der Waals surface area (Å²) >= 11 is 0. The summed E-state index contributed by atoms with van der Waals surface area (Å²) in [5, 5.41) is 9.00. The van der Waals surface area contributed by atoms with Crippen LogP contribution in [0.4, 0.5) is 0 Å². The SMILES string of the molecule is NC1(C(=O)O)CCC(CN2C(=O)C=CC2=O)CC1. The van der Waals surface area contributed by atoms with Crippen molar-refractivity contribution in [1.82, 2.24) is 4.90 Å². The van der Waals surface area contributed by atoms with Crippen molar-refractivity contribution in [2.75, 3.05) is 6.54 Å². The van der Waals surface area contributed by atoms with E-state index < -0.39 is 11.5 Å². The Morgan fingerprint density at radius 1 is 1.33 bits per heavy atom. The molecule has 2 rings (SSSR count). The van der Waals surface area contributed by atoms with Crippen molar-refractivity contribution in [3.63, 3.8) is 0 Å². The number of hydrogen-bond donors (Lipinski definition) is 2. The average molecular weight is 252 g/mol. The molecule has 0 spiro atoms. The normalized spacial score (nSPS) is 32.1. The van der Waals surface area contributed by atoms with Gasteiger partial charge in [-0.2, -0.15) is 0 Å². The highest BCUT2D eigenvalue weighted by Gasteiger charge is 2.39. The standard InChI is InChI=1S/C12H16N2O4/c13-12(11(17)18)5-3-8(4-6-12)7-14-9(15)1-2-10(14)16/h1-2,8H,3-7,13H2,(H,17,18). The molecule has 98 valence electrons. The third kappa shape index (κ3) is 2.28. The molecule has 18 heavy (non-hydrogen) atoms. The minimum Gasteiger partial charge on any atom is -0.480 e. The van der Waals surface area contributed by atoms with E-state index in [9.17, 15) is 14.4 Å². The first-order valence-electron chi connectivity index (χ1n) is 5.98. The van der Waals surface area contributed by atoms with Crippen LogP contribution in [0, 0.1) is 5.92 Å². The van der Waals surface area contributed by atoms with Gasteiger partial charge in [0.05, 0.1) is 0 Å². The van der Waals surface area contributed by atoms with Gasteiger partial charge in [0.15, 0.2) is 0 Å². The van der Waals surface area contributed by atoms with E-state index in [1.807, 2.05) is 0 Å². The lowest BCUT2D eigenvalue weighted by Gasteiger charge is -2.34. The molecular weight excluding hydrogens is 236 g/mol. The van der Waals surface area contributed by atoms with Gasteiger partial charge in [-0.05, 0) is 31.6 Å². The number of imide groups is 1. The van der Waals surface area contributed by atoms with Crippen LogP contribution < -0.4 is 5.73 Å². The van der Waals surface area contributed by atoms with Crippen LogP contribution in [0.25, 0.3) is 0 Å². The van der Waals surface area contributed by atoms with E-state index in [4.69, 9.17) is 10.8 Å². The number of carbonyl (C=O) groups is 3. The monoisotopic (exact) mass is 252 g/mol. The Hall–Kier alpha value is -1.69. The second kappa shape index (κ2) is 4.53. The fourth-order valence-corrected chi connectivity index (χ4v) is 2.46. The fraction of sp³-hybridized carbons (Fsp3) is 0.583. The van der Waals surface area contributed by atoms with Crippen molar-refractivity contribution in [2.45, 2.75) is 31.2 Å². The number of carbonyl (C=O) groups excluding carboxylic acids is 2. The van der Waals surface area contributed by atoms with Gasteiger partial charge in [-0.25, -0.2) is 0 Å². The lowest BCUT2D eigenvalue weighted by molar-refractivity contribution is -0.146. The molecule has 0 aromatic carbocycles. The number of nitrogens with zero attached hydrogens (tertiary/aromatic N) is 1. The van der Waals surface area contributed by atoms with Crippen molar-refractivity contribution in [2.24, 2.45) is 11.7 Å². The third-order valence-corrected chi connectivity index (χ3v) is 3.76. The quantitative estimate of drug-likeness (QED) is 0.682. The summed E-state index contributed by atoms with van der Waals surface area (Å²) in [5.41, 5.74) is 4.62. The molecule has 1 heterocycles. The molecule has 0 saturated heterocycles. The van der Waals surface area contributed by atoms with Crippen LogP contribution in [-0.4, -0.2) is 39.9 Å². The summed E-state index contributed by atoms with van der Waals surface area (Å²) in [7, 11) is 0. The van der Waals surface area contributed by atoms with Crippen LogP contribution in [0.5, 0.6) is 0 Å². The Bertz CT molecular complexity index is 404. The number of carboxylic acid groups (broad SMARTS) is 1. The van der Waals surface area contributed by atoms with Crippen molar-refractivity contribution >= 4 is 17.8 Å². The fourth-order valence-electron chi connectivity index (χ4n) is 2.46. The smallest absolute Gasteiger partial charge is 0.323 e. The summed E-state index contributed by atoms with van der Waals surface area (Å²) in [6.07, 6.45) is 4.54. The minimum absolute atomic E-state index is 0.147. The molecule has 3 N–H and O–H groups in total. The van der Waals surface area contributed by atoms with Crippen molar-refractivity contribution in [3.05, 3.63) is 12.2 Å². The van der Waals surface area contributed by atoms with Gasteiger partial charge in [0.25, 0.3) is 11.8 Å². The Labute approximate surface area is 104 Å². The first-order chi connectivity index (χ1) is 8.42. The number of hydrogen-bond acceptors (Lipinski definition) is 4. The molecule has 1 saturated carbocycles. The maximum absolute atomic E-state index is 11.4. The zero-order chi connectivity index (χ0) is 13.3. The van der Waals surface area contributed by atoms with E-state index in [1.54, 1.807) is 0 Å². The van der Waals surface area contributed by atoms with E-state index in [0.29, 0.717) is 32.2 Å². The topological polar surface area (TPSA) is 101 Å². The number of carboxylic acids is 1. The number of aliphatic carboxylic acids is 1. The highest BCUT2D eigenvalue weighted by Crippen LogP contribution is 2.31. The van der Waals surface area contributed by atoms with Gasteiger partial charge >= 0.3 is 5.97 Å². The molecule has 0 radical (unpaired) electrons. The van der Waals surface area contributed by atoms with Crippen molar-refractivity contribution in [3.8, 4) is 0 Å². The third-order valence-electron chi connectivity index (χ3n) is 3.76. The first-order valence-corrected chi connectivity index (χ1v) is 5.98. The Morgan fingerprint density at radius 2 is 1.83 bits per heavy atom. The van der Waals surface area contributed by atoms with E-state index in [-0.39, 0.29) is 17.7 Å². The van der Waals surface area contributed by atoms with Crippen LogP contribution in [0.15, 0.2) is 12.2 Å². The molecule has 1 aliphatic carbocycles. The van der Waals surface area contributed by atoms with Gasteiger partial charge in [-0.3, -0.25) is 19.3 Å². The van der Waals surface area contributed by atoms with Crippen LogP contribution in [0.3, 0.4) is 0 Å². The zero-order valence-corrected chi connectivity index (χ0v) is 9.96. The molecule has 1 aliphatic heterocycles. The summed E-state index contributed by atoms with van der Waals surface area (Å²) in [6.45, 7) is 0.361. The molecule has 0 bridgehead atoms. The zero-order valence-electron chi connectivity index (χ0n) is 9.96. The second-order valence-corrected chi connectivity index (χ2v) is 5.03. The lowest BCUT2D eigenvalue weighted by atomic mass is 9.77. The van der Waals surface area contributed by atoms with Crippen LogP contribution in [0.2, 0.25) is 0 Å². The van der Waals surface area contributed by atoms with E-state index in [1.165, 1.54) is 17.1 Å². The van der Waals surface area contributed by atoms with E-state index >= 15 is 0 Å². The molecule has 1 fully saturated rings. The largest absolute Gasteiger partial charge is 0.480 e. The maximum atomic E-state index is 11.4. The summed E-state index contributed by atoms with van der Waals surface area (Å²) in [5.74, 6) is -1.41. The average Bonchev–Trinajstić information content (AvgIpc) is 2.63.